The van der Waals surface area contributed by atoms with Gasteiger partial charge in [0.2, 0.25) is 0 Å². The van der Waals surface area contributed by atoms with Gasteiger partial charge in [-0.1, -0.05) is 0 Å². The maximum atomic E-state index is 12.6. The Morgan fingerprint density at radius 3 is 0.390 bits per heavy atom. The van der Waals surface area contributed by atoms with Gasteiger partial charge in [-0.05, 0) is 55.4 Å². The monoisotopic (exact) mass is 2020 g/mol. The van der Waals surface area contributed by atoms with Crippen LogP contribution in [0.4, 0.5) is 0 Å². The normalized spacial score (nSPS) is 13.1. The lowest BCUT2D eigenvalue weighted by molar-refractivity contribution is -0.143. The first kappa shape index (κ1) is 133. The summed E-state index contributed by atoms with van der Waals surface area (Å²) in [6, 6.07) is 0. The Balaban J connectivity index is 9.20. The van der Waals surface area contributed by atoms with Crippen LogP contribution >= 0.6 is 0 Å². The number of carbonyl (C=O) groups is 16. The van der Waals surface area contributed by atoms with E-state index >= 15 is 0 Å². The number of aliphatic hydroxyl groups is 4. The molecule has 0 saturated carbocycles. The van der Waals surface area contributed by atoms with E-state index in [1.54, 1.807) is 0 Å². The van der Waals surface area contributed by atoms with Gasteiger partial charge in [-0.25, -0.2) is 0 Å². The predicted octanol–water partition coefficient (Wildman–Crippen LogP) is -0.556. The largest absolute Gasteiger partial charge is 0.469 e. The molecule has 4 atom stereocenters. The summed E-state index contributed by atoms with van der Waals surface area (Å²) in [5, 5.41) is 49.8. The lowest BCUT2D eigenvalue weighted by Gasteiger charge is -2.35. The minimum Gasteiger partial charge on any atom is -0.469 e. The van der Waals surface area contributed by atoms with Gasteiger partial charge in [0.05, 0.1) is 191 Å². The highest BCUT2D eigenvalue weighted by molar-refractivity contribution is 5.79. The van der Waals surface area contributed by atoms with E-state index in [1.807, 2.05) is 58.8 Å². The van der Waals surface area contributed by atoms with Crippen molar-refractivity contribution < 1.29 is 154 Å². The Hall–Kier alpha value is -7.68. The van der Waals surface area contributed by atoms with Crippen LogP contribution in [0.5, 0.6) is 0 Å². The molecule has 0 heterocycles. The van der Waals surface area contributed by atoms with Gasteiger partial charge < -0.3 is 116 Å². The Morgan fingerprint density at radius 1 is 0.177 bits per heavy atom. The Bertz CT molecular complexity index is 2990. The Morgan fingerprint density at radius 2 is 0.284 bits per heavy atom. The molecule has 0 rings (SSSR count). The second-order valence-corrected chi connectivity index (χ2v) is 36.3. The summed E-state index contributed by atoms with van der Waals surface area (Å²) in [7, 11) is 10.1. The molecule has 0 fully saturated rings. The van der Waals surface area contributed by atoms with Gasteiger partial charge in [0.1, 0.15) is 46.3 Å². The van der Waals surface area contributed by atoms with E-state index in [0.29, 0.717) is 105 Å². The Labute approximate surface area is 836 Å². The highest BCUT2D eigenvalue weighted by atomic mass is 16.6. The van der Waals surface area contributed by atoms with Gasteiger partial charge in [-0.15, -0.1) is 0 Å². The molecule has 44 nitrogen and oxygen atoms in total. The summed E-state index contributed by atoms with van der Waals surface area (Å²) in [5.41, 5.74) is -1.53. The van der Waals surface area contributed by atoms with Crippen molar-refractivity contribution in [3.05, 3.63) is 0 Å². The minimum atomic E-state index is -1.53. The van der Waals surface area contributed by atoms with Crippen LogP contribution < -0.4 is 0 Å². The zero-order chi connectivity index (χ0) is 106. The zero-order valence-electron chi connectivity index (χ0n) is 87.8. The molecule has 0 aromatic rings. The number of esters is 8. The lowest BCUT2D eigenvalue weighted by Crippen LogP contribution is -2.47. The minimum absolute atomic E-state index is 0.0210. The number of ketones is 8. The van der Waals surface area contributed by atoms with Crippen LogP contribution in [0.2, 0.25) is 0 Å². The maximum Gasteiger partial charge on any atom is 0.306 e. The fraction of sp³-hybridized carbons (Fsp3) is 0.835. The number of aliphatic hydroxyl groups excluding tert-OH is 4. The molecule has 0 saturated heterocycles. The topological polar surface area (TPSA) is 504 Å². The molecule has 4 unspecified atom stereocenters. The van der Waals surface area contributed by atoms with Gasteiger partial charge in [0.25, 0.3) is 0 Å². The van der Waals surface area contributed by atoms with E-state index in [0.717, 1.165) is 0 Å². The molecular weight excluding hydrogens is 1850 g/mol. The van der Waals surface area contributed by atoms with E-state index in [1.165, 1.54) is 112 Å². The second-order valence-electron chi connectivity index (χ2n) is 36.3. The third-order valence-electron chi connectivity index (χ3n) is 23.7. The van der Waals surface area contributed by atoms with Crippen molar-refractivity contribution in [3.63, 3.8) is 0 Å². The number of hydrogen-bond acceptors (Lipinski definition) is 44. The second kappa shape index (κ2) is 82.5. The van der Waals surface area contributed by atoms with Crippen LogP contribution in [-0.2, 0) is 134 Å². The molecule has 0 radical (unpaired) electrons. The molecule has 816 valence electrons. The molecule has 0 spiro atoms. The van der Waals surface area contributed by atoms with Crippen LogP contribution in [-0.4, -0.2) is 543 Å². The van der Waals surface area contributed by atoms with E-state index in [2.05, 4.69) is 0 Å². The van der Waals surface area contributed by atoms with E-state index < -0.39 is 90.8 Å². The van der Waals surface area contributed by atoms with Crippen LogP contribution in [0.25, 0.3) is 0 Å². The molecule has 0 aliphatic rings. The third-order valence-corrected chi connectivity index (χ3v) is 23.7. The molecule has 0 bridgehead atoms. The molecule has 0 aromatic carbocycles. The number of Topliss-reactive ketones (excluding diaryl/α,β-unsaturated/α-hetero) is 8. The molecular formula is C97H176N12O32. The third kappa shape index (κ3) is 75.7. The van der Waals surface area contributed by atoms with Crippen molar-refractivity contribution in [3.8, 4) is 0 Å². The number of hydrogen-bond donors (Lipinski definition) is 4. The highest BCUT2D eigenvalue weighted by Gasteiger charge is 2.36. The van der Waals surface area contributed by atoms with Gasteiger partial charge in [-0.3, -0.25) is 96.3 Å². The summed E-state index contributed by atoms with van der Waals surface area (Å²) >= 11 is 0. The highest BCUT2D eigenvalue weighted by Crippen LogP contribution is 2.23. The van der Waals surface area contributed by atoms with Crippen molar-refractivity contribution in [1.29, 1.82) is 0 Å². The van der Waals surface area contributed by atoms with Gasteiger partial charge >= 0.3 is 47.8 Å². The van der Waals surface area contributed by atoms with Crippen molar-refractivity contribution in [2.24, 2.45) is 5.41 Å². The van der Waals surface area contributed by atoms with Crippen LogP contribution in [0.3, 0.4) is 0 Å². The molecule has 44 heteroatoms. The summed E-state index contributed by atoms with van der Waals surface area (Å²) in [6.45, 7) is 17.2. The molecule has 0 aromatic heterocycles. The number of methoxy groups -OCH3 is 8. The maximum absolute atomic E-state index is 12.6. The predicted molar refractivity (Wildman–Crippen MR) is 522 cm³/mol. The molecule has 0 amide bonds. The van der Waals surface area contributed by atoms with Crippen LogP contribution in [0, 0.1) is 5.41 Å². The van der Waals surface area contributed by atoms with Gasteiger partial charge in [-0.2, -0.15) is 0 Å². The van der Waals surface area contributed by atoms with Gasteiger partial charge in [0.15, 0.2) is 0 Å². The molecule has 0 aliphatic carbocycles. The van der Waals surface area contributed by atoms with Crippen molar-refractivity contribution in [2.45, 2.75) is 183 Å². The van der Waals surface area contributed by atoms with E-state index in [4.69, 9.17) is 56.8 Å². The number of ether oxygens (including phenoxy) is 12. The molecule has 141 heavy (non-hydrogen) atoms. The van der Waals surface area contributed by atoms with E-state index in [-0.39, 0.29) is 320 Å². The summed E-state index contributed by atoms with van der Waals surface area (Å²) in [4.78, 5) is 223. The van der Waals surface area contributed by atoms with Crippen LogP contribution in [0.1, 0.15) is 158 Å². The SMILES string of the molecule is COC(=O)CCN(CCC(=O)OC)CCN(CCN(CCC(=O)OC)CCC(=O)OC)CC(O)COCC(COCC(O)CN(CCN(CCC(C)=O)CCC(C)=O)CCN(CCC(C)=O)CCC(C)=O)(COCC(O)CN(CCN(CCC(C)=O)CCC(C)=O)CCN(CCC(C)=O)CCC(C)=O)COCC(O)CN(CCN(CCC(=O)OC)CCC(=O)OC)CCN(CCC(=O)OC)CCC(=O)OC. The van der Waals surface area contributed by atoms with E-state index in [9.17, 15) is 97.1 Å². The quantitative estimate of drug-likeness (QED) is 0.0438. The summed E-state index contributed by atoms with van der Waals surface area (Å²) in [5.74, 6) is -4.43. The average molecular weight is 2020 g/mol. The number of carbonyl (C=O) groups excluding carboxylic acids is 16. The lowest BCUT2D eigenvalue weighted by atomic mass is 9.92. The Kier molecular flexibility index (Phi) is 78.0. The van der Waals surface area contributed by atoms with Crippen LogP contribution in [0.15, 0.2) is 0 Å². The fourth-order valence-corrected chi connectivity index (χ4v) is 14.8. The first-order valence-electron chi connectivity index (χ1n) is 49.2. The zero-order valence-corrected chi connectivity index (χ0v) is 87.8. The smallest absolute Gasteiger partial charge is 0.306 e. The van der Waals surface area contributed by atoms with Crippen molar-refractivity contribution >= 4 is 94.0 Å². The molecule has 0 aliphatic heterocycles. The average Bonchev–Trinajstić information content (AvgIpc) is 0.855. The van der Waals surface area contributed by atoms with Crippen molar-refractivity contribution in [1.82, 2.24) is 58.8 Å². The number of rotatable bonds is 96. The standard InChI is InChI=1S/C97H176N12O32/c1-77(110)17-33-98(34-18-78(2)111)49-57-106(58-50-99(35-19-79(3)112)36-20-80(4)113)65-85(118)69-138-73-97(74-139-70-86(119)66-107(59-51-100(37-21-81(5)114)38-22-82(6)115)60-52-101(39-23-83(7)116)40-24-84(8)117,75-140-71-87(120)67-108(61-53-102(41-25-89(122)130-9)42-26-90(123)131-10)62-54-103(43-27-91(124)132-11)44-28-92(125)133-12)76-141-72-88(121)68-109(63-55-104(45-29-93(126)134-13)46-30-94(127)135-14)64-56-105(47-31-95(128)136-15)48-32-96(129)137-16/h85-88,118-121H,17-76H2,1-16H3. The number of nitrogens with zero attached hydrogens (tertiary/aromatic N) is 12. The summed E-state index contributed by atoms with van der Waals surface area (Å²) < 4.78 is 66.5. The fourth-order valence-electron chi connectivity index (χ4n) is 14.8. The first-order chi connectivity index (χ1) is 67.0. The molecule has 4 N–H and O–H groups in total. The first-order valence-corrected chi connectivity index (χ1v) is 49.2. The summed E-state index contributed by atoms with van der Waals surface area (Å²) in [6.07, 6.45) is -3.74. The van der Waals surface area contributed by atoms with Crippen molar-refractivity contribution in [2.75, 3.05) is 345 Å². The van der Waals surface area contributed by atoms with Gasteiger partial charge in [0, 0.05) is 287 Å².